The van der Waals surface area contributed by atoms with Crippen molar-refractivity contribution < 1.29 is 4.79 Å². The number of carbonyl (C=O) groups excluding carboxylic acids is 1. The second-order valence-corrected chi connectivity index (χ2v) is 2.94. The largest absolute Gasteiger partial charge is 0.324 e. The molecule has 1 rings (SSSR count). The van der Waals surface area contributed by atoms with Gasteiger partial charge in [0.15, 0.2) is 5.78 Å². The van der Waals surface area contributed by atoms with E-state index in [9.17, 15) is 4.79 Å². The lowest BCUT2D eigenvalue weighted by atomic mass is 10.3. The van der Waals surface area contributed by atoms with E-state index in [1.54, 1.807) is 5.51 Å². The number of hydrogen-bond donors (Lipinski definition) is 1. The minimum absolute atomic E-state index is 0.0462. The van der Waals surface area contributed by atoms with Crippen LogP contribution in [-0.4, -0.2) is 17.3 Å². The van der Waals surface area contributed by atoms with E-state index >= 15 is 0 Å². The first-order valence-corrected chi connectivity index (χ1v) is 3.77. The molecule has 0 bridgehead atoms. The van der Waals surface area contributed by atoms with Gasteiger partial charge in [0.2, 0.25) is 0 Å². The van der Waals surface area contributed by atoms with Crippen LogP contribution in [0.3, 0.4) is 0 Å². The van der Waals surface area contributed by atoms with Crippen molar-refractivity contribution in [3.8, 4) is 0 Å². The van der Waals surface area contributed by atoms with E-state index in [1.165, 1.54) is 11.3 Å². The summed E-state index contributed by atoms with van der Waals surface area (Å²) >= 11 is 1.46. The van der Waals surface area contributed by atoms with Crippen LogP contribution in [-0.2, 0) is 0 Å². The summed E-state index contributed by atoms with van der Waals surface area (Å²) < 4.78 is 0. The van der Waals surface area contributed by atoms with E-state index in [-0.39, 0.29) is 12.3 Å². The van der Waals surface area contributed by atoms with Crippen LogP contribution in [0.5, 0.6) is 0 Å². The first-order chi connectivity index (χ1) is 4.75. The van der Waals surface area contributed by atoms with Crippen LogP contribution < -0.4 is 5.73 Å². The van der Waals surface area contributed by atoms with Crippen LogP contribution in [0.4, 0.5) is 0 Å². The van der Waals surface area contributed by atoms with E-state index in [2.05, 4.69) is 4.98 Å². The van der Waals surface area contributed by atoms with E-state index in [0.717, 1.165) is 4.88 Å². The lowest BCUT2D eigenvalue weighted by molar-refractivity contribution is 0.0997. The zero-order valence-electron chi connectivity index (χ0n) is 5.63. The van der Waals surface area contributed by atoms with Gasteiger partial charge in [0.25, 0.3) is 0 Å². The van der Waals surface area contributed by atoms with Crippen LogP contribution in [0.1, 0.15) is 15.4 Å². The third kappa shape index (κ3) is 1.22. The van der Waals surface area contributed by atoms with Crippen molar-refractivity contribution in [2.45, 2.75) is 6.92 Å². The Morgan fingerprint density at radius 1 is 1.90 bits per heavy atom. The average molecular weight is 156 g/mol. The monoisotopic (exact) mass is 156 g/mol. The summed E-state index contributed by atoms with van der Waals surface area (Å²) in [7, 11) is 0. The molecule has 0 aromatic carbocycles. The second-order valence-electron chi connectivity index (χ2n) is 1.88. The van der Waals surface area contributed by atoms with Gasteiger partial charge in [-0.2, -0.15) is 0 Å². The Labute approximate surface area is 62.9 Å². The molecular weight excluding hydrogens is 148 g/mol. The van der Waals surface area contributed by atoms with Gasteiger partial charge in [-0.15, -0.1) is 11.3 Å². The van der Waals surface area contributed by atoms with Gasteiger partial charge in [-0.1, -0.05) is 0 Å². The van der Waals surface area contributed by atoms with Crippen molar-refractivity contribution in [3.63, 3.8) is 0 Å². The lowest BCUT2D eigenvalue weighted by Crippen LogP contribution is -2.14. The summed E-state index contributed by atoms with van der Waals surface area (Å²) in [5.41, 5.74) is 7.32. The molecular formula is C6H8N2OS. The van der Waals surface area contributed by atoms with Crippen molar-refractivity contribution in [1.82, 2.24) is 4.98 Å². The van der Waals surface area contributed by atoms with Crippen molar-refractivity contribution in [2.24, 2.45) is 5.73 Å². The number of nitrogens with two attached hydrogens (primary N) is 1. The Bertz CT molecular complexity index is 244. The molecule has 0 aliphatic heterocycles. The number of carbonyl (C=O) groups is 1. The van der Waals surface area contributed by atoms with Gasteiger partial charge in [0.1, 0.15) is 5.69 Å². The molecule has 0 radical (unpaired) electrons. The molecule has 0 saturated heterocycles. The predicted octanol–water partition coefficient (Wildman–Crippen LogP) is 0.593. The van der Waals surface area contributed by atoms with Gasteiger partial charge in [-0.25, -0.2) is 4.98 Å². The number of rotatable bonds is 2. The van der Waals surface area contributed by atoms with Crippen LogP contribution in [0.2, 0.25) is 0 Å². The standard InChI is InChI=1S/C6H8N2OS/c1-4-6(5(9)2-7)8-3-10-4/h3H,2,7H2,1H3. The molecule has 54 valence electrons. The van der Waals surface area contributed by atoms with Crippen molar-refractivity contribution in [1.29, 1.82) is 0 Å². The predicted molar refractivity (Wildman–Crippen MR) is 40.2 cm³/mol. The number of Topliss-reactive ketones (excluding diaryl/α,β-unsaturated/α-hetero) is 1. The number of thiazole rings is 1. The molecule has 0 atom stereocenters. The fraction of sp³-hybridized carbons (Fsp3) is 0.333. The molecule has 1 aromatic rings. The highest BCUT2D eigenvalue weighted by molar-refractivity contribution is 7.09. The number of hydrogen-bond acceptors (Lipinski definition) is 4. The quantitative estimate of drug-likeness (QED) is 0.638. The summed E-state index contributed by atoms with van der Waals surface area (Å²) in [5, 5.41) is 0. The minimum Gasteiger partial charge on any atom is -0.324 e. The molecule has 10 heavy (non-hydrogen) atoms. The average Bonchev–Trinajstić information content (AvgIpc) is 2.34. The molecule has 4 heteroatoms. The highest BCUT2D eigenvalue weighted by Crippen LogP contribution is 2.10. The third-order valence-corrected chi connectivity index (χ3v) is 1.95. The topological polar surface area (TPSA) is 56.0 Å². The number of aryl methyl sites for hydroxylation is 1. The number of aromatic nitrogens is 1. The highest BCUT2D eigenvalue weighted by Gasteiger charge is 2.08. The molecule has 0 aliphatic rings. The van der Waals surface area contributed by atoms with Crippen molar-refractivity contribution >= 4 is 17.1 Å². The zero-order valence-corrected chi connectivity index (χ0v) is 6.44. The van der Waals surface area contributed by atoms with Crippen molar-refractivity contribution in [2.75, 3.05) is 6.54 Å². The summed E-state index contributed by atoms with van der Waals surface area (Å²) in [6.07, 6.45) is 0. The van der Waals surface area contributed by atoms with Crippen molar-refractivity contribution in [3.05, 3.63) is 16.1 Å². The molecule has 0 unspecified atom stereocenters. The van der Waals surface area contributed by atoms with E-state index in [4.69, 9.17) is 5.73 Å². The molecule has 3 nitrogen and oxygen atoms in total. The molecule has 0 saturated carbocycles. The Kier molecular flexibility index (Phi) is 2.13. The summed E-state index contributed by atoms with van der Waals surface area (Å²) in [6, 6.07) is 0. The first kappa shape index (κ1) is 7.37. The highest BCUT2D eigenvalue weighted by atomic mass is 32.1. The molecule has 0 spiro atoms. The van der Waals surface area contributed by atoms with Gasteiger partial charge in [-0.05, 0) is 6.92 Å². The molecule has 1 aromatic heterocycles. The van der Waals surface area contributed by atoms with Gasteiger partial charge in [0.05, 0.1) is 12.1 Å². The van der Waals surface area contributed by atoms with Crippen LogP contribution in [0.15, 0.2) is 5.51 Å². The first-order valence-electron chi connectivity index (χ1n) is 2.89. The molecule has 2 N–H and O–H groups in total. The van der Waals surface area contributed by atoms with E-state index < -0.39 is 0 Å². The minimum atomic E-state index is -0.0845. The fourth-order valence-electron chi connectivity index (χ4n) is 0.670. The Balaban J connectivity index is 2.93. The van der Waals surface area contributed by atoms with E-state index in [1.807, 2.05) is 6.92 Å². The summed E-state index contributed by atoms with van der Waals surface area (Å²) in [5.74, 6) is -0.0845. The van der Waals surface area contributed by atoms with Gasteiger partial charge < -0.3 is 5.73 Å². The zero-order chi connectivity index (χ0) is 7.56. The van der Waals surface area contributed by atoms with Gasteiger partial charge in [0, 0.05) is 4.88 Å². The van der Waals surface area contributed by atoms with Crippen LogP contribution in [0, 0.1) is 6.92 Å². The molecule has 0 amide bonds. The summed E-state index contributed by atoms with van der Waals surface area (Å²) in [6.45, 7) is 1.91. The number of ketones is 1. The lowest BCUT2D eigenvalue weighted by Gasteiger charge is -1.90. The Morgan fingerprint density at radius 3 is 3.00 bits per heavy atom. The molecule has 0 fully saturated rings. The van der Waals surface area contributed by atoms with Gasteiger partial charge in [-0.3, -0.25) is 4.79 Å². The smallest absolute Gasteiger partial charge is 0.195 e. The van der Waals surface area contributed by atoms with Crippen LogP contribution in [0.25, 0.3) is 0 Å². The van der Waals surface area contributed by atoms with E-state index in [0.29, 0.717) is 5.69 Å². The molecule has 1 heterocycles. The molecule has 0 aliphatic carbocycles. The number of nitrogens with zero attached hydrogens (tertiary/aromatic N) is 1. The van der Waals surface area contributed by atoms with Crippen LogP contribution >= 0.6 is 11.3 Å². The Morgan fingerprint density at radius 2 is 2.60 bits per heavy atom. The fourth-order valence-corrected chi connectivity index (χ4v) is 1.26. The maximum Gasteiger partial charge on any atom is 0.195 e. The maximum atomic E-state index is 10.9. The SMILES string of the molecule is Cc1scnc1C(=O)CN. The summed E-state index contributed by atoms with van der Waals surface area (Å²) in [4.78, 5) is 15.7. The normalized spacial score (nSPS) is 9.80. The third-order valence-electron chi connectivity index (χ3n) is 1.19. The Hall–Kier alpha value is -0.740. The second kappa shape index (κ2) is 2.90. The van der Waals surface area contributed by atoms with Gasteiger partial charge >= 0.3 is 0 Å². The maximum absolute atomic E-state index is 10.9.